The molecule has 0 spiro atoms. The summed E-state index contributed by atoms with van der Waals surface area (Å²) in [6, 6.07) is 3.79. The Morgan fingerprint density at radius 3 is 1.69 bits per heavy atom. The third-order valence-electron chi connectivity index (χ3n) is 2.27. The molecular formula is C15H18O. The van der Waals surface area contributed by atoms with Crippen LogP contribution < -0.4 is 0 Å². The fourth-order valence-corrected chi connectivity index (χ4v) is 1.60. The van der Waals surface area contributed by atoms with E-state index in [0.29, 0.717) is 5.75 Å². The molecule has 1 heteroatoms. The Kier molecular flexibility index (Phi) is 4.59. The summed E-state index contributed by atoms with van der Waals surface area (Å²) >= 11 is 0. The lowest BCUT2D eigenvalue weighted by Crippen LogP contribution is -1.84. The molecule has 16 heavy (non-hydrogen) atoms. The van der Waals surface area contributed by atoms with Crippen LogP contribution in [-0.4, -0.2) is 5.11 Å². The lowest BCUT2D eigenvalue weighted by Gasteiger charge is -2.06. The highest BCUT2D eigenvalue weighted by molar-refractivity contribution is 5.71. The maximum absolute atomic E-state index is 9.83. The molecule has 0 aliphatic carbocycles. The van der Waals surface area contributed by atoms with Crippen LogP contribution in [0.2, 0.25) is 0 Å². The van der Waals surface area contributed by atoms with Gasteiger partial charge in [0.1, 0.15) is 5.75 Å². The molecule has 0 saturated carbocycles. The van der Waals surface area contributed by atoms with Crippen molar-refractivity contribution in [3.8, 4) is 5.75 Å². The summed E-state index contributed by atoms with van der Waals surface area (Å²) in [6.45, 7) is 5.90. The van der Waals surface area contributed by atoms with Crippen LogP contribution >= 0.6 is 0 Å². The van der Waals surface area contributed by atoms with E-state index in [1.807, 2.05) is 63.3 Å². The molecule has 1 nitrogen and oxygen atoms in total. The lowest BCUT2D eigenvalue weighted by molar-refractivity contribution is 0.474. The SMILES string of the molecule is C/C=C/c1cc(/C=C/C)c(/C=C/C)cc1O. The number of hydrogen-bond acceptors (Lipinski definition) is 1. The van der Waals surface area contributed by atoms with Crippen molar-refractivity contribution in [3.05, 3.63) is 47.1 Å². The van der Waals surface area contributed by atoms with Crippen molar-refractivity contribution in [2.75, 3.05) is 0 Å². The van der Waals surface area contributed by atoms with Crippen LogP contribution in [-0.2, 0) is 0 Å². The van der Waals surface area contributed by atoms with Crippen LogP contribution in [0, 0.1) is 0 Å². The fourth-order valence-electron chi connectivity index (χ4n) is 1.60. The Balaban J connectivity index is 3.36. The number of phenols is 1. The summed E-state index contributed by atoms with van der Waals surface area (Å²) in [4.78, 5) is 0. The van der Waals surface area contributed by atoms with Gasteiger partial charge in [0.05, 0.1) is 0 Å². The van der Waals surface area contributed by atoms with E-state index >= 15 is 0 Å². The van der Waals surface area contributed by atoms with Gasteiger partial charge >= 0.3 is 0 Å². The monoisotopic (exact) mass is 214 g/mol. The fraction of sp³-hybridized carbons (Fsp3) is 0.200. The molecule has 0 fully saturated rings. The maximum atomic E-state index is 9.83. The molecule has 0 atom stereocenters. The molecular weight excluding hydrogens is 196 g/mol. The number of allylic oxidation sites excluding steroid dienone is 3. The summed E-state index contributed by atoms with van der Waals surface area (Å²) in [5.41, 5.74) is 3.00. The van der Waals surface area contributed by atoms with Gasteiger partial charge in [-0.05, 0) is 44.0 Å². The summed E-state index contributed by atoms with van der Waals surface area (Å²) in [5.74, 6) is 0.319. The third-order valence-corrected chi connectivity index (χ3v) is 2.27. The third kappa shape index (κ3) is 2.86. The van der Waals surface area contributed by atoms with Gasteiger partial charge in [0, 0.05) is 5.56 Å². The van der Waals surface area contributed by atoms with Crippen molar-refractivity contribution >= 4 is 18.2 Å². The summed E-state index contributed by atoms with van der Waals surface area (Å²) in [5, 5.41) is 9.83. The minimum atomic E-state index is 0.319. The Morgan fingerprint density at radius 2 is 1.19 bits per heavy atom. The molecule has 0 unspecified atom stereocenters. The first-order valence-corrected chi connectivity index (χ1v) is 5.48. The molecule has 84 valence electrons. The second-order valence-electron chi connectivity index (χ2n) is 3.54. The molecule has 0 heterocycles. The van der Waals surface area contributed by atoms with Crippen LogP contribution in [0.3, 0.4) is 0 Å². The van der Waals surface area contributed by atoms with Crippen molar-refractivity contribution in [2.24, 2.45) is 0 Å². The van der Waals surface area contributed by atoms with Crippen molar-refractivity contribution in [1.29, 1.82) is 0 Å². The Bertz CT molecular complexity index is 437. The zero-order valence-corrected chi connectivity index (χ0v) is 10.1. The quantitative estimate of drug-likeness (QED) is 0.785. The van der Waals surface area contributed by atoms with Crippen molar-refractivity contribution in [2.45, 2.75) is 20.8 Å². The zero-order valence-electron chi connectivity index (χ0n) is 10.1. The highest BCUT2D eigenvalue weighted by Gasteiger charge is 2.03. The van der Waals surface area contributed by atoms with Gasteiger partial charge in [-0.1, -0.05) is 36.5 Å². The molecule has 0 aromatic heterocycles. The van der Waals surface area contributed by atoms with E-state index in [2.05, 4.69) is 0 Å². The molecule has 1 N–H and O–H groups in total. The lowest BCUT2D eigenvalue weighted by atomic mass is 10.0. The second kappa shape index (κ2) is 5.96. The Morgan fingerprint density at radius 1 is 0.750 bits per heavy atom. The first-order chi connectivity index (χ1) is 7.72. The van der Waals surface area contributed by atoms with Gasteiger partial charge in [0.25, 0.3) is 0 Å². The molecule has 0 aliphatic heterocycles. The summed E-state index contributed by atoms with van der Waals surface area (Å²) in [7, 11) is 0. The van der Waals surface area contributed by atoms with Crippen LogP contribution in [0.15, 0.2) is 30.4 Å². The molecule has 0 amide bonds. The topological polar surface area (TPSA) is 20.2 Å². The normalized spacial score (nSPS) is 12.2. The molecule has 0 bridgehead atoms. The maximum Gasteiger partial charge on any atom is 0.123 e. The minimum Gasteiger partial charge on any atom is -0.507 e. The van der Waals surface area contributed by atoms with Gasteiger partial charge in [-0.25, -0.2) is 0 Å². The predicted octanol–water partition coefficient (Wildman–Crippen LogP) is 4.49. The Hall–Kier alpha value is -1.76. The van der Waals surface area contributed by atoms with E-state index in [-0.39, 0.29) is 0 Å². The molecule has 1 aromatic carbocycles. The van der Waals surface area contributed by atoms with Gasteiger partial charge in [0.2, 0.25) is 0 Å². The van der Waals surface area contributed by atoms with Crippen LogP contribution in [0.4, 0.5) is 0 Å². The van der Waals surface area contributed by atoms with Gasteiger partial charge in [0.15, 0.2) is 0 Å². The largest absolute Gasteiger partial charge is 0.507 e. The number of aromatic hydroxyl groups is 1. The minimum absolute atomic E-state index is 0.319. The summed E-state index contributed by atoms with van der Waals surface area (Å²) < 4.78 is 0. The van der Waals surface area contributed by atoms with E-state index in [4.69, 9.17) is 0 Å². The first-order valence-electron chi connectivity index (χ1n) is 5.48. The predicted molar refractivity (Wildman–Crippen MR) is 72.2 cm³/mol. The molecule has 1 aromatic rings. The van der Waals surface area contributed by atoms with Crippen LogP contribution in [0.1, 0.15) is 37.5 Å². The highest BCUT2D eigenvalue weighted by Crippen LogP contribution is 2.26. The second-order valence-corrected chi connectivity index (χ2v) is 3.54. The first kappa shape index (κ1) is 12.3. The Labute approximate surface area is 97.4 Å². The molecule has 0 radical (unpaired) electrons. The van der Waals surface area contributed by atoms with Crippen molar-refractivity contribution in [1.82, 2.24) is 0 Å². The number of benzene rings is 1. The van der Waals surface area contributed by atoms with E-state index in [0.717, 1.165) is 16.7 Å². The number of rotatable bonds is 3. The van der Waals surface area contributed by atoms with Gasteiger partial charge in [-0.3, -0.25) is 0 Å². The average Bonchev–Trinajstić information content (AvgIpc) is 2.25. The zero-order chi connectivity index (χ0) is 12.0. The van der Waals surface area contributed by atoms with Crippen LogP contribution in [0.25, 0.3) is 18.2 Å². The highest BCUT2D eigenvalue weighted by atomic mass is 16.3. The van der Waals surface area contributed by atoms with E-state index in [1.165, 1.54) is 0 Å². The van der Waals surface area contributed by atoms with E-state index < -0.39 is 0 Å². The molecule has 0 saturated heterocycles. The van der Waals surface area contributed by atoms with Crippen LogP contribution in [0.5, 0.6) is 5.75 Å². The molecule has 1 rings (SSSR count). The van der Waals surface area contributed by atoms with Crippen molar-refractivity contribution < 1.29 is 5.11 Å². The van der Waals surface area contributed by atoms with Gasteiger partial charge in [-0.15, -0.1) is 0 Å². The van der Waals surface area contributed by atoms with Gasteiger partial charge < -0.3 is 5.11 Å². The van der Waals surface area contributed by atoms with Crippen molar-refractivity contribution in [3.63, 3.8) is 0 Å². The smallest absolute Gasteiger partial charge is 0.123 e. The standard InChI is InChI=1S/C15H18O/c1-4-7-12-10-14(9-6-3)15(16)11-13(12)8-5-2/h4-11,16H,1-3H3/b7-4+,8-5+,9-6+. The molecule has 0 aliphatic rings. The number of phenolic OH excluding ortho intramolecular Hbond substituents is 1. The average molecular weight is 214 g/mol. The van der Waals surface area contributed by atoms with E-state index in [1.54, 1.807) is 6.07 Å². The summed E-state index contributed by atoms with van der Waals surface area (Å²) in [6.07, 6.45) is 11.8. The van der Waals surface area contributed by atoms with E-state index in [9.17, 15) is 5.11 Å². The number of hydrogen-bond donors (Lipinski definition) is 1. The van der Waals surface area contributed by atoms with Gasteiger partial charge in [-0.2, -0.15) is 0 Å².